The first-order valence-electron chi connectivity index (χ1n) is 12.0. The summed E-state index contributed by atoms with van der Waals surface area (Å²) in [6, 6.07) is 4.97. The minimum absolute atomic E-state index is 0.0512. The van der Waals surface area contributed by atoms with E-state index in [-0.39, 0.29) is 17.5 Å². The van der Waals surface area contributed by atoms with Gasteiger partial charge in [-0.3, -0.25) is 9.48 Å². The molecule has 4 aromatic rings. The molecular weight excluding hydrogens is 461 g/mol. The van der Waals surface area contributed by atoms with E-state index in [9.17, 15) is 4.79 Å². The molecule has 3 aromatic heterocycles. The molecule has 2 aliphatic rings. The summed E-state index contributed by atoms with van der Waals surface area (Å²) in [5.41, 5.74) is 4.27. The number of hydrogen-bond acceptors (Lipinski definition) is 7. The van der Waals surface area contributed by atoms with Crippen molar-refractivity contribution in [1.29, 1.82) is 0 Å². The van der Waals surface area contributed by atoms with Gasteiger partial charge in [0.2, 0.25) is 5.91 Å². The van der Waals surface area contributed by atoms with E-state index in [1.807, 2.05) is 20.2 Å². The first kappa shape index (κ1) is 22.2. The Morgan fingerprint density at radius 1 is 1.19 bits per heavy atom. The summed E-state index contributed by atoms with van der Waals surface area (Å²) < 4.78 is 17.4. The van der Waals surface area contributed by atoms with Gasteiger partial charge < -0.3 is 20.5 Å². The van der Waals surface area contributed by atoms with Crippen LogP contribution in [0.5, 0.6) is 0 Å². The molecule has 0 radical (unpaired) electrons. The number of H-pyrrole nitrogens is 1. The predicted molar refractivity (Wildman–Crippen MR) is 134 cm³/mol. The lowest BCUT2D eigenvalue weighted by molar-refractivity contribution is -0.119. The number of carbonyl (C=O) groups excluding carboxylic acids is 1. The number of benzene rings is 1. The van der Waals surface area contributed by atoms with Gasteiger partial charge in [0.15, 0.2) is 5.82 Å². The maximum Gasteiger partial charge on any atom is 0.227 e. The fourth-order valence-corrected chi connectivity index (χ4v) is 4.84. The second-order valence-electron chi connectivity index (χ2n) is 9.13. The molecule has 10 nitrogen and oxygen atoms in total. The molecule has 1 fully saturated rings. The zero-order valence-corrected chi connectivity index (χ0v) is 20.0. The highest BCUT2D eigenvalue weighted by Gasteiger charge is 2.28. The van der Waals surface area contributed by atoms with E-state index >= 15 is 4.39 Å². The number of nitrogens with zero attached hydrogens (tertiary/aromatic N) is 6. The van der Waals surface area contributed by atoms with E-state index in [1.165, 1.54) is 4.90 Å². The Morgan fingerprint density at radius 2 is 2.03 bits per heavy atom. The third-order valence-electron chi connectivity index (χ3n) is 6.63. The normalized spacial score (nSPS) is 16.8. The van der Waals surface area contributed by atoms with E-state index in [0.29, 0.717) is 42.4 Å². The predicted octanol–water partition coefficient (Wildman–Crippen LogP) is 3.39. The van der Waals surface area contributed by atoms with Gasteiger partial charge in [0, 0.05) is 50.7 Å². The molecule has 3 N–H and O–H groups in total. The Morgan fingerprint density at radius 3 is 2.83 bits per heavy atom. The van der Waals surface area contributed by atoms with Crippen molar-refractivity contribution < 1.29 is 9.18 Å². The molecule has 36 heavy (non-hydrogen) atoms. The summed E-state index contributed by atoms with van der Waals surface area (Å²) in [4.78, 5) is 30.6. The topological polar surface area (TPSA) is 117 Å². The third-order valence-corrected chi connectivity index (χ3v) is 6.63. The lowest BCUT2D eigenvalue weighted by atomic mass is 10.0. The zero-order valence-electron chi connectivity index (χ0n) is 20.0. The number of anilines is 2. The van der Waals surface area contributed by atoms with Gasteiger partial charge >= 0.3 is 0 Å². The molecule has 2 aliphatic heterocycles. The van der Waals surface area contributed by atoms with Crippen molar-refractivity contribution >= 4 is 39.6 Å². The van der Waals surface area contributed by atoms with E-state index in [1.54, 1.807) is 35.3 Å². The first-order chi connectivity index (χ1) is 17.5. The van der Waals surface area contributed by atoms with Crippen LogP contribution in [0, 0.1) is 5.82 Å². The van der Waals surface area contributed by atoms with Crippen LogP contribution in [0.2, 0.25) is 0 Å². The van der Waals surface area contributed by atoms with Crippen molar-refractivity contribution in [3.8, 4) is 0 Å². The Kier molecular flexibility index (Phi) is 5.39. The molecule has 0 spiro atoms. The molecule has 1 amide bonds. The van der Waals surface area contributed by atoms with Crippen LogP contribution in [0.3, 0.4) is 0 Å². The van der Waals surface area contributed by atoms with Crippen LogP contribution < -0.4 is 15.5 Å². The minimum Gasteiger partial charge on any atom is -0.378 e. The number of hydrogen-bond donors (Lipinski definition) is 3. The maximum atomic E-state index is 15.6. The van der Waals surface area contributed by atoms with Crippen molar-refractivity contribution in [3.63, 3.8) is 0 Å². The number of aromatic amines is 1. The number of fused-ring (bicyclic) bond motifs is 2. The Balaban J connectivity index is 1.44. The molecule has 0 saturated carbocycles. The molecule has 0 unspecified atom stereocenters. The van der Waals surface area contributed by atoms with Crippen molar-refractivity contribution in [2.45, 2.75) is 32.2 Å². The number of piperidine rings is 1. The largest absolute Gasteiger partial charge is 0.378 e. The summed E-state index contributed by atoms with van der Waals surface area (Å²) in [6.07, 6.45) is 7.47. The maximum absolute atomic E-state index is 15.6. The Hall–Kier alpha value is -4.28. The second-order valence-corrected chi connectivity index (χ2v) is 9.13. The monoisotopic (exact) mass is 487 g/mol. The van der Waals surface area contributed by atoms with Crippen LogP contribution in [0.25, 0.3) is 22.3 Å². The quantitative estimate of drug-likeness (QED) is 0.395. The van der Waals surface area contributed by atoms with Crippen molar-refractivity contribution in [2.24, 2.45) is 7.05 Å². The highest BCUT2D eigenvalue weighted by Crippen LogP contribution is 2.35. The molecule has 0 aliphatic carbocycles. The van der Waals surface area contributed by atoms with E-state index in [4.69, 9.17) is 4.98 Å². The van der Waals surface area contributed by atoms with Crippen molar-refractivity contribution in [2.75, 3.05) is 23.3 Å². The number of nitrogens with one attached hydrogen (secondary N) is 3. The smallest absolute Gasteiger partial charge is 0.227 e. The van der Waals surface area contributed by atoms with Crippen molar-refractivity contribution in [3.05, 3.63) is 59.9 Å². The van der Waals surface area contributed by atoms with Crippen LogP contribution in [0.4, 0.5) is 15.8 Å². The van der Waals surface area contributed by atoms with Gasteiger partial charge in [-0.15, -0.1) is 0 Å². The lowest BCUT2D eigenvalue weighted by Crippen LogP contribution is -2.35. The molecular formula is C25H26FN9O. The first-order valence-corrected chi connectivity index (χ1v) is 12.0. The summed E-state index contributed by atoms with van der Waals surface area (Å²) in [6.45, 7) is 2.96. The van der Waals surface area contributed by atoms with Gasteiger partial charge in [-0.2, -0.15) is 5.10 Å². The van der Waals surface area contributed by atoms with Crippen molar-refractivity contribution in [1.82, 2.24) is 35.0 Å². The second kappa shape index (κ2) is 8.74. The summed E-state index contributed by atoms with van der Waals surface area (Å²) >= 11 is 0. The summed E-state index contributed by atoms with van der Waals surface area (Å²) in [5, 5.41) is 11.5. The van der Waals surface area contributed by atoms with Crippen LogP contribution >= 0.6 is 0 Å². The highest BCUT2D eigenvalue weighted by atomic mass is 19.1. The molecule has 5 heterocycles. The number of rotatable bonds is 5. The summed E-state index contributed by atoms with van der Waals surface area (Å²) in [5.74, 6) is 0.653. The molecule has 11 heteroatoms. The molecule has 0 bridgehead atoms. The van der Waals surface area contributed by atoms with Crippen LogP contribution in [0.15, 0.2) is 36.8 Å². The van der Waals surface area contributed by atoms with Crippen LogP contribution in [-0.4, -0.2) is 48.7 Å². The fraction of sp³-hybridized carbons (Fsp3) is 0.320. The van der Waals surface area contributed by atoms with Gasteiger partial charge in [0.05, 0.1) is 28.6 Å². The lowest BCUT2D eigenvalue weighted by Gasteiger charge is -2.27. The number of aryl methyl sites for hydroxylation is 1. The minimum atomic E-state index is -0.468. The Labute approximate surface area is 206 Å². The number of carbonyl (C=O) groups is 1. The third kappa shape index (κ3) is 3.76. The molecule has 1 atom stereocenters. The van der Waals surface area contributed by atoms with Gasteiger partial charge in [0.1, 0.15) is 22.9 Å². The summed E-state index contributed by atoms with van der Waals surface area (Å²) in [7, 11) is 1.86. The van der Waals surface area contributed by atoms with Gasteiger partial charge in [-0.25, -0.2) is 19.3 Å². The number of amides is 1. The fourth-order valence-electron chi connectivity index (χ4n) is 4.84. The van der Waals surface area contributed by atoms with Crippen LogP contribution in [-0.2, 0) is 11.8 Å². The highest BCUT2D eigenvalue weighted by molar-refractivity contribution is 5.98. The molecule has 184 valence electrons. The SMILES string of the molecule is C[C@H](NC1=C(c2nc3ccc(N4CCCCC4=O)c(F)c3[nH]2)CNc2cn(C)nc21)c1ncccn1. The number of halogens is 1. The molecule has 1 saturated heterocycles. The molecule has 6 rings (SSSR count). The van der Waals surface area contributed by atoms with E-state index < -0.39 is 5.82 Å². The zero-order chi connectivity index (χ0) is 24.8. The number of aromatic nitrogens is 6. The van der Waals surface area contributed by atoms with Gasteiger partial charge in [0.25, 0.3) is 0 Å². The number of imidazole rings is 1. The van der Waals surface area contributed by atoms with E-state index in [0.717, 1.165) is 35.5 Å². The Bertz CT molecular complexity index is 1490. The van der Waals surface area contributed by atoms with Gasteiger partial charge in [-0.05, 0) is 38.0 Å². The van der Waals surface area contributed by atoms with Crippen LogP contribution in [0.1, 0.15) is 49.6 Å². The molecule has 1 aromatic carbocycles. The standard InChI is InChI=1S/C25H26FN9O/c1-14(24-27-9-5-10-28-24)30-21-15(12-29-17-13-34(2)33-23(17)21)25-31-16-7-8-18(20(26)22(16)32-25)35-11-4-3-6-19(35)36/h5,7-10,13-14,29-30H,3-4,6,11-12H2,1-2H3,(H,31,32)/t14-/m0/s1. The van der Waals surface area contributed by atoms with E-state index in [2.05, 4.69) is 30.7 Å². The average Bonchev–Trinajstić information content (AvgIpc) is 3.49. The average molecular weight is 488 g/mol. The van der Waals surface area contributed by atoms with Gasteiger partial charge in [-0.1, -0.05) is 0 Å².